The summed E-state index contributed by atoms with van der Waals surface area (Å²) in [5, 5.41) is 9.98. The molecule has 0 radical (unpaired) electrons. The lowest BCUT2D eigenvalue weighted by molar-refractivity contribution is -0.119. The summed E-state index contributed by atoms with van der Waals surface area (Å²) in [6, 6.07) is 6.23. The average molecular weight is 390 g/mol. The molecule has 1 aliphatic carbocycles. The molecule has 3 aromatic rings. The number of benzene rings is 1. The van der Waals surface area contributed by atoms with Crippen LogP contribution in [0.25, 0.3) is 22.6 Å². The first-order chi connectivity index (χ1) is 14.2. The normalized spacial score (nSPS) is 18.4. The smallest absolute Gasteiger partial charge is 0.242 e. The lowest BCUT2D eigenvalue weighted by atomic mass is 10.1. The summed E-state index contributed by atoms with van der Waals surface area (Å²) in [5.74, 6) is 3.05. The van der Waals surface area contributed by atoms with Gasteiger partial charge >= 0.3 is 0 Å². The van der Waals surface area contributed by atoms with E-state index in [2.05, 4.69) is 43.5 Å². The maximum Gasteiger partial charge on any atom is 0.242 e. The number of H-pyrrole nitrogens is 2. The van der Waals surface area contributed by atoms with Crippen molar-refractivity contribution >= 4 is 22.6 Å². The molecular weight excluding hydrogens is 368 g/mol. The highest BCUT2D eigenvalue weighted by molar-refractivity contribution is 6.01. The van der Waals surface area contributed by atoms with Crippen molar-refractivity contribution in [1.29, 1.82) is 0 Å². The molecule has 0 bridgehead atoms. The molecule has 1 amide bonds. The fourth-order valence-corrected chi connectivity index (χ4v) is 3.65. The first-order valence-corrected chi connectivity index (χ1v) is 9.79. The van der Waals surface area contributed by atoms with Crippen LogP contribution >= 0.6 is 0 Å². The highest BCUT2D eigenvalue weighted by Gasteiger charge is 2.48. The van der Waals surface area contributed by atoms with Crippen molar-refractivity contribution in [2.45, 2.75) is 19.4 Å². The summed E-state index contributed by atoms with van der Waals surface area (Å²) in [6.45, 7) is 4.32. The Labute approximate surface area is 168 Å². The average Bonchev–Trinajstić information content (AvgIpc) is 3.23. The van der Waals surface area contributed by atoms with Gasteiger partial charge in [-0.05, 0) is 30.5 Å². The Kier molecular flexibility index (Phi) is 4.34. The maximum atomic E-state index is 12.5. The van der Waals surface area contributed by atoms with Gasteiger partial charge in [0.15, 0.2) is 11.5 Å². The van der Waals surface area contributed by atoms with Gasteiger partial charge in [-0.3, -0.25) is 14.8 Å². The minimum Gasteiger partial charge on any atom is -0.379 e. The largest absolute Gasteiger partial charge is 0.379 e. The van der Waals surface area contributed by atoms with Crippen molar-refractivity contribution in [1.82, 2.24) is 25.1 Å². The van der Waals surface area contributed by atoms with E-state index < -0.39 is 5.41 Å². The third kappa shape index (κ3) is 3.39. The van der Waals surface area contributed by atoms with Gasteiger partial charge < -0.3 is 15.0 Å². The van der Waals surface area contributed by atoms with Crippen molar-refractivity contribution in [2.24, 2.45) is 5.41 Å². The number of ether oxygens (including phenoxy) is 1. The molecule has 0 atom stereocenters. The summed E-state index contributed by atoms with van der Waals surface area (Å²) in [7, 11) is 0. The van der Waals surface area contributed by atoms with E-state index in [-0.39, 0.29) is 5.91 Å². The summed E-state index contributed by atoms with van der Waals surface area (Å²) in [4.78, 5) is 22.8. The monoisotopic (exact) mass is 390 g/mol. The molecule has 1 aromatic carbocycles. The van der Waals surface area contributed by atoms with Crippen LogP contribution in [0.5, 0.6) is 0 Å². The number of imidazole rings is 1. The van der Waals surface area contributed by atoms with Gasteiger partial charge in [0, 0.05) is 25.8 Å². The molecular formula is C21H22N6O2. The first-order valence-electron chi connectivity index (χ1n) is 9.79. The van der Waals surface area contributed by atoms with E-state index in [0.717, 1.165) is 56.7 Å². The van der Waals surface area contributed by atoms with Gasteiger partial charge in [-0.2, -0.15) is 5.10 Å². The Hall–Kier alpha value is -3.15. The van der Waals surface area contributed by atoms with E-state index in [4.69, 9.17) is 16.1 Å². The maximum absolute atomic E-state index is 12.5. The standard InChI is InChI=1S/C21H22N6O2/c1-2-21(5-6-21)20(28)25-17-12-22-26-18(17)19-23-15-4-3-14(11-16(15)24-19)13-27-7-9-29-10-8-27/h1,3-4,11-12H,5-10,13H2,(H,22,26)(H,23,24)(H,25,28). The first kappa shape index (κ1) is 17.9. The number of aromatic amines is 2. The fraction of sp³-hybridized carbons (Fsp3) is 0.381. The summed E-state index contributed by atoms with van der Waals surface area (Å²) in [6.07, 6.45) is 8.61. The van der Waals surface area contributed by atoms with Crippen molar-refractivity contribution in [3.63, 3.8) is 0 Å². The number of nitrogens with zero attached hydrogens (tertiary/aromatic N) is 3. The number of anilines is 1. The third-order valence-corrected chi connectivity index (χ3v) is 5.63. The van der Waals surface area contributed by atoms with Crippen LogP contribution in [0.15, 0.2) is 24.4 Å². The number of carbonyl (C=O) groups excluding carboxylic acids is 1. The van der Waals surface area contributed by atoms with Crippen LogP contribution in [0.1, 0.15) is 18.4 Å². The summed E-state index contributed by atoms with van der Waals surface area (Å²) >= 11 is 0. The van der Waals surface area contributed by atoms with Gasteiger partial charge in [0.25, 0.3) is 0 Å². The van der Waals surface area contributed by atoms with Gasteiger partial charge in [0.1, 0.15) is 5.41 Å². The lowest BCUT2D eigenvalue weighted by Crippen LogP contribution is -2.35. The number of fused-ring (bicyclic) bond motifs is 1. The lowest BCUT2D eigenvalue weighted by Gasteiger charge is -2.26. The zero-order valence-corrected chi connectivity index (χ0v) is 16.0. The van der Waals surface area contributed by atoms with E-state index in [1.54, 1.807) is 6.20 Å². The van der Waals surface area contributed by atoms with Crippen molar-refractivity contribution in [2.75, 3.05) is 31.6 Å². The van der Waals surface area contributed by atoms with E-state index in [1.807, 2.05) is 6.07 Å². The summed E-state index contributed by atoms with van der Waals surface area (Å²) in [5.41, 5.74) is 3.47. The molecule has 5 rings (SSSR count). The van der Waals surface area contributed by atoms with Crippen LogP contribution in [0, 0.1) is 17.8 Å². The van der Waals surface area contributed by atoms with Crippen molar-refractivity contribution < 1.29 is 9.53 Å². The fourth-order valence-electron chi connectivity index (χ4n) is 3.65. The molecule has 3 heterocycles. The van der Waals surface area contributed by atoms with Crippen LogP contribution < -0.4 is 5.32 Å². The quantitative estimate of drug-likeness (QED) is 0.580. The highest BCUT2D eigenvalue weighted by atomic mass is 16.5. The van der Waals surface area contributed by atoms with Crippen LogP contribution in [0.3, 0.4) is 0 Å². The van der Waals surface area contributed by atoms with Crippen LogP contribution in [0.4, 0.5) is 5.69 Å². The Morgan fingerprint density at radius 1 is 1.34 bits per heavy atom. The number of nitrogens with one attached hydrogen (secondary N) is 3. The Morgan fingerprint density at radius 3 is 2.93 bits per heavy atom. The molecule has 2 aliphatic rings. The zero-order valence-electron chi connectivity index (χ0n) is 16.0. The molecule has 2 fully saturated rings. The van der Waals surface area contributed by atoms with E-state index in [1.165, 1.54) is 5.56 Å². The number of amides is 1. The molecule has 0 unspecified atom stereocenters. The Balaban J connectivity index is 1.38. The highest BCUT2D eigenvalue weighted by Crippen LogP contribution is 2.46. The second kappa shape index (κ2) is 7.03. The van der Waals surface area contributed by atoms with E-state index in [0.29, 0.717) is 17.2 Å². The number of morpholine rings is 1. The number of terminal acetylenes is 1. The topological polar surface area (TPSA) is 98.9 Å². The van der Waals surface area contributed by atoms with E-state index >= 15 is 0 Å². The molecule has 2 aromatic heterocycles. The van der Waals surface area contributed by atoms with E-state index in [9.17, 15) is 4.79 Å². The van der Waals surface area contributed by atoms with Crippen LogP contribution in [-0.4, -0.2) is 57.3 Å². The van der Waals surface area contributed by atoms with Crippen molar-refractivity contribution in [3.05, 3.63) is 30.0 Å². The molecule has 1 saturated heterocycles. The molecule has 1 aliphatic heterocycles. The minimum atomic E-state index is -0.670. The SMILES string of the molecule is C#CC1(C(=O)Nc2c[nH]nc2-c2nc3cc(CN4CCOCC4)ccc3[nH]2)CC1. The number of aromatic nitrogens is 4. The minimum absolute atomic E-state index is 0.161. The van der Waals surface area contributed by atoms with Gasteiger partial charge in [0.05, 0.1) is 29.9 Å². The van der Waals surface area contributed by atoms with Gasteiger partial charge in [-0.25, -0.2) is 4.98 Å². The van der Waals surface area contributed by atoms with Crippen LogP contribution in [-0.2, 0) is 16.1 Å². The van der Waals surface area contributed by atoms with Gasteiger partial charge in [0.2, 0.25) is 5.91 Å². The number of rotatable bonds is 5. The summed E-state index contributed by atoms with van der Waals surface area (Å²) < 4.78 is 5.41. The molecule has 0 spiro atoms. The number of hydrogen-bond donors (Lipinski definition) is 3. The van der Waals surface area contributed by atoms with Crippen LogP contribution in [0.2, 0.25) is 0 Å². The predicted octanol–water partition coefficient (Wildman–Crippen LogP) is 2.14. The van der Waals surface area contributed by atoms with Gasteiger partial charge in [-0.15, -0.1) is 6.42 Å². The molecule has 148 valence electrons. The molecule has 1 saturated carbocycles. The second-order valence-corrected chi connectivity index (χ2v) is 7.65. The zero-order chi connectivity index (χ0) is 19.8. The van der Waals surface area contributed by atoms with Crippen molar-refractivity contribution in [3.8, 4) is 23.9 Å². The second-order valence-electron chi connectivity index (χ2n) is 7.65. The predicted molar refractivity (Wildman–Crippen MR) is 109 cm³/mol. The Morgan fingerprint density at radius 2 is 2.17 bits per heavy atom. The third-order valence-electron chi connectivity index (χ3n) is 5.63. The molecule has 8 heteroatoms. The molecule has 8 nitrogen and oxygen atoms in total. The number of carbonyl (C=O) groups is 1. The van der Waals surface area contributed by atoms with Gasteiger partial charge in [-0.1, -0.05) is 12.0 Å². The Bertz CT molecular complexity index is 1100. The molecule has 3 N–H and O–H groups in total. The number of hydrogen-bond acceptors (Lipinski definition) is 5. The molecule has 29 heavy (non-hydrogen) atoms.